The highest BCUT2D eigenvalue weighted by Crippen LogP contribution is 2.31. The van der Waals surface area contributed by atoms with Crippen LogP contribution in [0.25, 0.3) is 54.9 Å². The van der Waals surface area contributed by atoms with Crippen LogP contribution < -0.4 is 5.32 Å². The van der Waals surface area contributed by atoms with Crippen LogP contribution in [0, 0.1) is 5.41 Å². The Labute approximate surface area is 286 Å². The molecule has 0 bridgehead atoms. The molecule has 3 nitrogen and oxygen atoms in total. The van der Waals surface area contributed by atoms with E-state index >= 15 is 0 Å². The average Bonchev–Trinajstić information content (AvgIpc) is 3.18. The van der Waals surface area contributed by atoms with Gasteiger partial charge in [-0.3, -0.25) is 5.41 Å². The SMILES string of the molecule is N=C(N=C(Nc1ccc(-c2ccccc2)cc1)c1ccc(-c2cccc3ccccc23)cc1)c1ccc(-c2cccc3ccccc23)cc1. The predicted molar refractivity (Wildman–Crippen MR) is 208 cm³/mol. The van der Waals surface area contributed by atoms with E-state index in [1.807, 2.05) is 30.3 Å². The Morgan fingerprint density at radius 1 is 0.388 bits per heavy atom. The van der Waals surface area contributed by atoms with Crippen LogP contribution in [0.3, 0.4) is 0 Å². The molecule has 2 N–H and O–H groups in total. The van der Waals surface area contributed by atoms with Crippen molar-refractivity contribution in [2.24, 2.45) is 4.99 Å². The molecular weight excluding hydrogens is 595 g/mol. The van der Waals surface area contributed by atoms with E-state index in [9.17, 15) is 0 Å². The monoisotopic (exact) mass is 627 g/mol. The summed E-state index contributed by atoms with van der Waals surface area (Å²) in [6.07, 6.45) is 0. The molecule has 232 valence electrons. The molecule has 8 aromatic carbocycles. The van der Waals surface area contributed by atoms with Crippen LogP contribution in [-0.2, 0) is 0 Å². The van der Waals surface area contributed by atoms with E-state index in [4.69, 9.17) is 10.4 Å². The van der Waals surface area contributed by atoms with Crippen LogP contribution in [0.4, 0.5) is 5.69 Å². The van der Waals surface area contributed by atoms with E-state index in [0.29, 0.717) is 5.84 Å². The van der Waals surface area contributed by atoms with Crippen molar-refractivity contribution in [2.45, 2.75) is 0 Å². The highest BCUT2D eigenvalue weighted by molar-refractivity contribution is 6.16. The van der Waals surface area contributed by atoms with Crippen molar-refractivity contribution in [3.63, 3.8) is 0 Å². The van der Waals surface area contributed by atoms with Crippen molar-refractivity contribution in [3.8, 4) is 33.4 Å². The van der Waals surface area contributed by atoms with Gasteiger partial charge in [0, 0.05) is 16.8 Å². The van der Waals surface area contributed by atoms with Gasteiger partial charge in [-0.1, -0.05) is 176 Å². The lowest BCUT2D eigenvalue weighted by atomic mass is 9.97. The van der Waals surface area contributed by atoms with Gasteiger partial charge in [0.25, 0.3) is 0 Å². The Morgan fingerprint density at radius 2 is 0.837 bits per heavy atom. The normalized spacial score (nSPS) is 11.5. The minimum Gasteiger partial charge on any atom is -0.340 e. The summed E-state index contributed by atoms with van der Waals surface area (Å²) in [4.78, 5) is 4.89. The maximum atomic E-state index is 9.07. The van der Waals surface area contributed by atoms with Gasteiger partial charge in [0.05, 0.1) is 0 Å². The van der Waals surface area contributed by atoms with Gasteiger partial charge in [-0.2, -0.15) is 0 Å². The minimum atomic E-state index is 0.186. The van der Waals surface area contributed by atoms with Gasteiger partial charge >= 0.3 is 0 Å². The summed E-state index contributed by atoms with van der Waals surface area (Å²) in [5.41, 5.74) is 9.45. The molecule has 0 saturated carbocycles. The van der Waals surface area contributed by atoms with Crippen molar-refractivity contribution in [1.29, 1.82) is 5.41 Å². The molecule has 0 amide bonds. The minimum absolute atomic E-state index is 0.186. The Kier molecular flexibility index (Phi) is 8.07. The second kappa shape index (κ2) is 13.3. The molecular formula is C46H33N3. The fourth-order valence-electron chi connectivity index (χ4n) is 6.42. The van der Waals surface area contributed by atoms with E-state index < -0.39 is 0 Å². The predicted octanol–water partition coefficient (Wildman–Crippen LogP) is 11.9. The molecule has 0 spiro atoms. The van der Waals surface area contributed by atoms with E-state index in [0.717, 1.165) is 33.5 Å². The van der Waals surface area contributed by atoms with Crippen LogP contribution in [0.15, 0.2) is 193 Å². The number of benzene rings is 8. The van der Waals surface area contributed by atoms with E-state index in [-0.39, 0.29) is 5.84 Å². The topological polar surface area (TPSA) is 48.2 Å². The fraction of sp³-hybridized carbons (Fsp3) is 0. The second-order valence-electron chi connectivity index (χ2n) is 12.1. The lowest BCUT2D eigenvalue weighted by Gasteiger charge is -2.13. The van der Waals surface area contributed by atoms with Crippen molar-refractivity contribution >= 4 is 38.9 Å². The Bertz CT molecular complexity index is 2430. The standard InChI is InChI=1S/C46H33N3/c47-45(38-24-20-36(21-25-38)43-18-8-14-34-12-4-6-16-41(34)43)49-46(48-40-30-28-33(29-31-40)32-10-2-1-3-11-32)39-26-22-37(23-27-39)44-19-9-15-35-13-5-7-17-42(35)44/h1-31H,(H2,47,48,49). The summed E-state index contributed by atoms with van der Waals surface area (Å²) in [5, 5.41) is 17.5. The van der Waals surface area contributed by atoms with Crippen molar-refractivity contribution in [2.75, 3.05) is 5.32 Å². The van der Waals surface area contributed by atoms with E-state index in [2.05, 4.69) is 163 Å². The molecule has 0 aliphatic rings. The Hall–Kier alpha value is -6.58. The Balaban J connectivity index is 1.12. The molecule has 0 heterocycles. The average molecular weight is 628 g/mol. The molecule has 8 rings (SSSR count). The lowest BCUT2D eigenvalue weighted by molar-refractivity contribution is 1.40. The maximum Gasteiger partial charge on any atom is 0.154 e. The second-order valence-corrected chi connectivity index (χ2v) is 12.1. The summed E-state index contributed by atoms with van der Waals surface area (Å²) in [5.74, 6) is 0.797. The van der Waals surface area contributed by atoms with Crippen LogP contribution in [0.2, 0.25) is 0 Å². The zero-order valence-electron chi connectivity index (χ0n) is 26.8. The highest BCUT2D eigenvalue weighted by Gasteiger charge is 2.11. The zero-order valence-corrected chi connectivity index (χ0v) is 26.8. The first-order valence-electron chi connectivity index (χ1n) is 16.5. The number of aliphatic imine (C=N–C) groups is 1. The molecule has 0 aliphatic carbocycles. The van der Waals surface area contributed by atoms with Gasteiger partial charge in [-0.15, -0.1) is 0 Å². The van der Waals surface area contributed by atoms with E-state index in [1.54, 1.807) is 0 Å². The van der Waals surface area contributed by atoms with Gasteiger partial charge in [0.2, 0.25) is 0 Å². The quantitative estimate of drug-likeness (QED) is 0.140. The smallest absolute Gasteiger partial charge is 0.154 e. The van der Waals surface area contributed by atoms with Crippen LogP contribution in [-0.4, -0.2) is 11.7 Å². The molecule has 0 saturated heterocycles. The largest absolute Gasteiger partial charge is 0.340 e. The molecule has 3 heteroatoms. The molecule has 0 unspecified atom stereocenters. The fourth-order valence-corrected chi connectivity index (χ4v) is 6.42. The third-order valence-corrected chi connectivity index (χ3v) is 9.00. The summed E-state index contributed by atoms with van der Waals surface area (Å²) in [6.45, 7) is 0. The third kappa shape index (κ3) is 6.26. The molecule has 8 aromatic rings. The molecule has 0 radical (unpaired) electrons. The number of nitrogens with one attached hydrogen (secondary N) is 2. The van der Waals surface area contributed by atoms with Crippen molar-refractivity contribution in [1.82, 2.24) is 0 Å². The van der Waals surface area contributed by atoms with Gasteiger partial charge in [0.1, 0.15) is 5.84 Å². The van der Waals surface area contributed by atoms with Crippen LogP contribution in [0.5, 0.6) is 0 Å². The molecule has 0 fully saturated rings. The molecule has 0 aliphatic heterocycles. The van der Waals surface area contributed by atoms with Crippen LogP contribution in [0.1, 0.15) is 11.1 Å². The van der Waals surface area contributed by atoms with E-state index in [1.165, 1.54) is 38.2 Å². The number of amidine groups is 2. The molecule has 49 heavy (non-hydrogen) atoms. The van der Waals surface area contributed by atoms with Gasteiger partial charge < -0.3 is 5.32 Å². The summed E-state index contributed by atoms with van der Waals surface area (Å²) in [7, 11) is 0. The maximum absolute atomic E-state index is 9.07. The zero-order chi connectivity index (χ0) is 33.0. The first-order valence-corrected chi connectivity index (χ1v) is 16.5. The van der Waals surface area contributed by atoms with Gasteiger partial charge in [0.15, 0.2) is 5.84 Å². The summed E-state index contributed by atoms with van der Waals surface area (Å²) < 4.78 is 0. The number of nitrogens with zero attached hydrogens (tertiary/aromatic N) is 1. The Morgan fingerprint density at radius 3 is 1.41 bits per heavy atom. The summed E-state index contributed by atoms with van der Waals surface area (Å²) >= 11 is 0. The van der Waals surface area contributed by atoms with Gasteiger partial charge in [-0.25, -0.2) is 4.99 Å². The third-order valence-electron chi connectivity index (χ3n) is 9.00. The highest BCUT2D eigenvalue weighted by atomic mass is 15.0. The van der Waals surface area contributed by atoms with Crippen molar-refractivity contribution in [3.05, 3.63) is 199 Å². The number of hydrogen-bond acceptors (Lipinski definition) is 1. The first kappa shape index (κ1) is 29.8. The molecule has 0 aromatic heterocycles. The first-order chi connectivity index (χ1) is 24.2. The summed E-state index contributed by atoms with van der Waals surface area (Å²) in [6, 6.07) is 64.9. The molecule has 0 atom stereocenters. The number of rotatable bonds is 6. The lowest BCUT2D eigenvalue weighted by Crippen LogP contribution is -2.16. The number of hydrogen-bond donors (Lipinski definition) is 2. The van der Waals surface area contributed by atoms with Crippen LogP contribution >= 0.6 is 0 Å². The number of anilines is 1. The van der Waals surface area contributed by atoms with Crippen molar-refractivity contribution < 1.29 is 0 Å². The number of fused-ring (bicyclic) bond motifs is 2. The van der Waals surface area contributed by atoms with Gasteiger partial charge in [-0.05, 0) is 67.1 Å².